The molecule has 2 aromatic rings. The minimum atomic E-state index is -1.07. The molecule has 5 heteroatoms. The largest absolute Gasteiger partial charge is 0.476 e. The van der Waals surface area contributed by atoms with Gasteiger partial charge in [0, 0.05) is 13.6 Å². The fraction of sp³-hybridized carbons (Fsp3) is 0.267. The normalized spacial score (nSPS) is 10.3. The molecule has 0 spiro atoms. The van der Waals surface area contributed by atoms with Crippen LogP contribution in [0.3, 0.4) is 0 Å². The zero-order valence-electron chi connectivity index (χ0n) is 11.8. The Morgan fingerprint density at radius 2 is 2.00 bits per heavy atom. The first kappa shape index (κ1) is 14.0. The van der Waals surface area contributed by atoms with Crippen LogP contribution in [0, 0.1) is 13.8 Å². The van der Waals surface area contributed by atoms with E-state index in [-0.39, 0.29) is 5.69 Å². The second-order valence-electron chi connectivity index (χ2n) is 4.78. The van der Waals surface area contributed by atoms with E-state index in [1.165, 1.54) is 29.1 Å². The van der Waals surface area contributed by atoms with Crippen molar-refractivity contribution in [3.63, 3.8) is 0 Å². The van der Waals surface area contributed by atoms with Crippen molar-refractivity contribution in [1.82, 2.24) is 9.97 Å². The highest BCUT2D eigenvalue weighted by Gasteiger charge is 2.09. The van der Waals surface area contributed by atoms with Gasteiger partial charge in [-0.25, -0.2) is 14.8 Å². The monoisotopic (exact) mass is 271 g/mol. The van der Waals surface area contributed by atoms with Gasteiger partial charge in [0.25, 0.3) is 0 Å². The first-order valence-electron chi connectivity index (χ1n) is 6.30. The van der Waals surface area contributed by atoms with Crippen molar-refractivity contribution in [2.24, 2.45) is 0 Å². The molecular weight excluding hydrogens is 254 g/mol. The van der Waals surface area contributed by atoms with Crippen LogP contribution >= 0.6 is 0 Å². The summed E-state index contributed by atoms with van der Waals surface area (Å²) in [7, 11) is 1.91. The summed E-state index contributed by atoms with van der Waals surface area (Å²) in [5.74, 6) is -0.419. The average Bonchev–Trinajstić information content (AvgIpc) is 2.44. The van der Waals surface area contributed by atoms with Gasteiger partial charge in [0.1, 0.15) is 5.82 Å². The molecule has 1 heterocycles. The standard InChI is InChI=1S/C15H17N3O2/c1-10-5-4-6-12(11(10)2)9-18(3)14-8-16-13(7-17-14)15(19)20/h4-8H,9H2,1-3H3,(H,19,20). The molecule has 20 heavy (non-hydrogen) atoms. The van der Waals surface area contributed by atoms with Crippen molar-refractivity contribution in [3.8, 4) is 0 Å². The van der Waals surface area contributed by atoms with Crippen LogP contribution in [0.4, 0.5) is 5.82 Å². The number of benzene rings is 1. The van der Waals surface area contributed by atoms with Crippen LogP contribution in [0.5, 0.6) is 0 Å². The van der Waals surface area contributed by atoms with Gasteiger partial charge in [0.2, 0.25) is 0 Å². The molecule has 0 radical (unpaired) electrons. The van der Waals surface area contributed by atoms with Crippen LogP contribution in [0.15, 0.2) is 30.6 Å². The summed E-state index contributed by atoms with van der Waals surface area (Å²) in [5, 5.41) is 8.80. The molecule has 0 saturated carbocycles. The fourth-order valence-corrected chi connectivity index (χ4v) is 1.95. The first-order chi connectivity index (χ1) is 9.49. The van der Waals surface area contributed by atoms with E-state index in [2.05, 4.69) is 35.9 Å². The summed E-state index contributed by atoms with van der Waals surface area (Å²) in [6, 6.07) is 6.20. The van der Waals surface area contributed by atoms with E-state index in [4.69, 9.17) is 5.11 Å². The SMILES string of the molecule is Cc1cccc(CN(C)c2cnc(C(=O)O)cn2)c1C. The molecule has 0 atom stereocenters. The molecule has 0 unspecified atom stereocenters. The van der Waals surface area contributed by atoms with Crippen LogP contribution < -0.4 is 4.90 Å². The molecule has 1 aromatic heterocycles. The van der Waals surface area contributed by atoms with Crippen molar-refractivity contribution < 1.29 is 9.90 Å². The number of carboxylic acid groups (broad SMARTS) is 1. The molecular formula is C15H17N3O2. The lowest BCUT2D eigenvalue weighted by atomic mass is 10.0. The van der Waals surface area contributed by atoms with Crippen LogP contribution in [0.25, 0.3) is 0 Å². The first-order valence-corrected chi connectivity index (χ1v) is 6.30. The molecule has 1 aromatic carbocycles. The third kappa shape index (κ3) is 2.93. The number of carbonyl (C=O) groups is 1. The number of aryl methyl sites for hydroxylation is 1. The topological polar surface area (TPSA) is 66.3 Å². The molecule has 0 aliphatic rings. The van der Waals surface area contributed by atoms with Gasteiger partial charge in [-0.3, -0.25) is 0 Å². The Balaban J connectivity index is 2.17. The second-order valence-corrected chi connectivity index (χ2v) is 4.78. The summed E-state index contributed by atoms with van der Waals surface area (Å²) in [6.45, 7) is 4.88. The smallest absolute Gasteiger partial charge is 0.356 e. The van der Waals surface area contributed by atoms with Crippen molar-refractivity contribution >= 4 is 11.8 Å². The number of aromatic nitrogens is 2. The molecule has 104 valence electrons. The lowest BCUT2D eigenvalue weighted by molar-refractivity contribution is 0.0690. The molecule has 0 aliphatic carbocycles. The summed E-state index contributed by atoms with van der Waals surface area (Å²) in [6.07, 6.45) is 2.76. The number of anilines is 1. The van der Waals surface area contributed by atoms with Crippen LogP contribution in [0.1, 0.15) is 27.2 Å². The van der Waals surface area contributed by atoms with Gasteiger partial charge in [-0.15, -0.1) is 0 Å². The Morgan fingerprint density at radius 1 is 1.25 bits per heavy atom. The van der Waals surface area contributed by atoms with E-state index < -0.39 is 5.97 Å². The molecule has 0 amide bonds. The Hall–Kier alpha value is -2.43. The Kier molecular flexibility index (Phi) is 3.98. The Morgan fingerprint density at radius 3 is 2.60 bits per heavy atom. The van der Waals surface area contributed by atoms with Gasteiger partial charge in [-0.2, -0.15) is 0 Å². The van der Waals surface area contributed by atoms with Crippen molar-refractivity contribution in [3.05, 3.63) is 53.0 Å². The van der Waals surface area contributed by atoms with Gasteiger partial charge >= 0.3 is 5.97 Å². The van der Waals surface area contributed by atoms with Gasteiger partial charge in [-0.05, 0) is 30.5 Å². The third-order valence-electron chi connectivity index (χ3n) is 3.37. The number of nitrogens with zero attached hydrogens (tertiary/aromatic N) is 3. The van der Waals surface area contributed by atoms with Crippen molar-refractivity contribution in [2.45, 2.75) is 20.4 Å². The van der Waals surface area contributed by atoms with E-state index >= 15 is 0 Å². The Labute approximate surface area is 117 Å². The average molecular weight is 271 g/mol. The summed E-state index contributed by atoms with van der Waals surface area (Å²) < 4.78 is 0. The fourth-order valence-electron chi connectivity index (χ4n) is 1.95. The predicted molar refractivity (Wildman–Crippen MR) is 77.0 cm³/mol. The predicted octanol–water partition coefficient (Wildman–Crippen LogP) is 2.43. The number of hydrogen-bond acceptors (Lipinski definition) is 4. The lowest BCUT2D eigenvalue weighted by Gasteiger charge is -2.19. The van der Waals surface area contributed by atoms with E-state index in [9.17, 15) is 4.79 Å². The van der Waals surface area contributed by atoms with E-state index in [0.717, 1.165) is 0 Å². The third-order valence-corrected chi connectivity index (χ3v) is 3.37. The summed E-state index contributed by atoms with van der Waals surface area (Å²) in [5.41, 5.74) is 3.68. The van der Waals surface area contributed by atoms with Crippen molar-refractivity contribution in [2.75, 3.05) is 11.9 Å². The highest BCUT2D eigenvalue weighted by molar-refractivity contribution is 5.84. The van der Waals surface area contributed by atoms with Gasteiger partial charge in [0.05, 0.1) is 12.4 Å². The highest BCUT2D eigenvalue weighted by Crippen LogP contribution is 2.17. The minimum Gasteiger partial charge on any atom is -0.476 e. The Bertz CT molecular complexity index is 624. The molecule has 5 nitrogen and oxygen atoms in total. The van der Waals surface area contributed by atoms with Crippen LogP contribution in [0.2, 0.25) is 0 Å². The molecule has 1 N–H and O–H groups in total. The number of carboxylic acids is 1. The molecule has 2 rings (SSSR count). The van der Waals surface area contributed by atoms with Gasteiger partial charge in [0.15, 0.2) is 5.69 Å². The molecule has 0 bridgehead atoms. The molecule has 0 saturated heterocycles. The maximum atomic E-state index is 10.7. The van der Waals surface area contributed by atoms with Gasteiger partial charge < -0.3 is 10.0 Å². The van der Waals surface area contributed by atoms with E-state index in [1.54, 1.807) is 0 Å². The van der Waals surface area contributed by atoms with Gasteiger partial charge in [-0.1, -0.05) is 18.2 Å². The van der Waals surface area contributed by atoms with Crippen molar-refractivity contribution in [1.29, 1.82) is 0 Å². The zero-order chi connectivity index (χ0) is 14.7. The number of rotatable bonds is 4. The lowest BCUT2D eigenvalue weighted by Crippen LogP contribution is -2.19. The quantitative estimate of drug-likeness (QED) is 0.925. The zero-order valence-corrected chi connectivity index (χ0v) is 11.8. The molecule has 0 fully saturated rings. The number of hydrogen-bond donors (Lipinski definition) is 1. The minimum absolute atomic E-state index is 0.0473. The van der Waals surface area contributed by atoms with E-state index in [0.29, 0.717) is 12.4 Å². The van der Waals surface area contributed by atoms with Crippen LogP contribution in [-0.2, 0) is 6.54 Å². The molecule has 0 aliphatic heterocycles. The maximum absolute atomic E-state index is 10.7. The summed E-state index contributed by atoms with van der Waals surface area (Å²) in [4.78, 5) is 20.7. The summed E-state index contributed by atoms with van der Waals surface area (Å²) >= 11 is 0. The number of aromatic carboxylic acids is 1. The maximum Gasteiger partial charge on any atom is 0.356 e. The van der Waals surface area contributed by atoms with E-state index in [1.807, 2.05) is 18.0 Å². The highest BCUT2D eigenvalue weighted by atomic mass is 16.4. The second kappa shape index (κ2) is 5.69. The van der Waals surface area contributed by atoms with Crippen LogP contribution in [-0.4, -0.2) is 28.1 Å².